The molecule has 3 amide bonds. The number of thiophene rings is 1. The smallest absolute Gasteiger partial charge is 0.325 e. The fraction of sp³-hybridized carbons (Fsp3) is 0.0571. The molecule has 5 rings (SSSR count). The van der Waals surface area contributed by atoms with Crippen LogP contribution in [0.4, 0.5) is 24.5 Å². The van der Waals surface area contributed by atoms with Crippen LogP contribution in [0.25, 0.3) is 6.08 Å². The van der Waals surface area contributed by atoms with E-state index in [9.17, 15) is 27.6 Å². The van der Waals surface area contributed by atoms with E-state index in [1.54, 1.807) is 91.0 Å². The Kier molecular flexibility index (Phi) is 10.4. The number of hydrogen-bond donors (Lipinski definition) is 3. The van der Waals surface area contributed by atoms with Gasteiger partial charge in [0.2, 0.25) is 5.91 Å². The van der Waals surface area contributed by atoms with Crippen LogP contribution in [0.3, 0.4) is 0 Å². The van der Waals surface area contributed by atoms with Gasteiger partial charge in [0.15, 0.2) is 0 Å². The summed E-state index contributed by atoms with van der Waals surface area (Å²) < 4.78 is 39.8. The quantitative estimate of drug-likeness (QED) is 0.104. The van der Waals surface area contributed by atoms with Crippen LogP contribution < -0.4 is 16.0 Å². The van der Waals surface area contributed by atoms with Gasteiger partial charge in [-0.15, -0.1) is 11.8 Å². The van der Waals surface area contributed by atoms with E-state index in [2.05, 4.69) is 16.0 Å². The Morgan fingerprint density at radius 2 is 1.43 bits per heavy atom. The number of hydrogen-bond acceptors (Lipinski definition) is 5. The SMILES string of the molecule is O=C(Nc1cccc(SC(C(=O)Nc2cccc(C(F)(F)F)c2)c2ccccc2)c1)/C(=C/c1ccsc1)NC(=O)c1ccccc1. The molecule has 0 aliphatic heterocycles. The van der Waals surface area contributed by atoms with Crippen molar-refractivity contribution in [2.75, 3.05) is 10.6 Å². The molecule has 0 radical (unpaired) electrons. The van der Waals surface area contributed by atoms with E-state index in [1.165, 1.54) is 35.2 Å². The minimum absolute atomic E-state index is 0.0184. The molecule has 46 heavy (non-hydrogen) atoms. The molecule has 0 bridgehead atoms. The van der Waals surface area contributed by atoms with Crippen molar-refractivity contribution in [3.8, 4) is 0 Å². The zero-order chi connectivity index (χ0) is 32.5. The third-order valence-corrected chi connectivity index (χ3v) is 8.48. The molecule has 232 valence electrons. The van der Waals surface area contributed by atoms with E-state index in [1.807, 2.05) is 16.8 Å². The second kappa shape index (κ2) is 14.8. The molecule has 0 saturated heterocycles. The molecular weight excluding hydrogens is 632 g/mol. The first-order chi connectivity index (χ1) is 22.2. The molecule has 0 aliphatic rings. The summed E-state index contributed by atoms with van der Waals surface area (Å²) in [5, 5.41) is 11.0. The van der Waals surface area contributed by atoms with Gasteiger partial charge in [-0.1, -0.05) is 60.7 Å². The van der Waals surface area contributed by atoms with E-state index in [4.69, 9.17) is 0 Å². The number of carbonyl (C=O) groups excluding carboxylic acids is 3. The van der Waals surface area contributed by atoms with Crippen molar-refractivity contribution < 1.29 is 27.6 Å². The molecule has 0 aliphatic carbocycles. The zero-order valence-electron chi connectivity index (χ0n) is 24.0. The minimum Gasteiger partial charge on any atom is -0.325 e. The highest BCUT2D eigenvalue weighted by Gasteiger charge is 2.31. The summed E-state index contributed by atoms with van der Waals surface area (Å²) >= 11 is 2.62. The lowest BCUT2D eigenvalue weighted by Gasteiger charge is -2.18. The predicted molar refractivity (Wildman–Crippen MR) is 176 cm³/mol. The largest absolute Gasteiger partial charge is 0.416 e. The summed E-state index contributed by atoms with van der Waals surface area (Å²) in [5.74, 6) is -1.52. The number of thioether (sulfide) groups is 1. The van der Waals surface area contributed by atoms with Gasteiger partial charge in [-0.05, 0) is 82.6 Å². The highest BCUT2D eigenvalue weighted by Crippen LogP contribution is 2.38. The van der Waals surface area contributed by atoms with Crippen molar-refractivity contribution in [1.82, 2.24) is 5.32 Å². The Morgan fingerprint density at radius 1 is 0.761 bits per heavy atom. The Morgan fingerprint density at radius 3 is 2.11 bits per heavy atom. The Balaban J connectivity index is 1.35. The van der Waals surface area contributed by atoms with Gasteiger partial charge in [0, 0.05) is 21.8 Å². The molecule has 11 heteroatoms. The van der Waals surface area contributed by atoms with Crippen molar-refractivity contribution >= 4 is 58.3 Å². The highest BCUT2D eigenvalue weighted by molar-refractivity contribution is 8.00. The number of nitrogens with one attached hydrogen (secondary N) is 3. The van der Waals surface area contributed by atoms with Gasteiger partial charge in [0.25, 0.3) is 11.8 Å². The topological polar surface area (TPSA) is 87.3 Å². The number of amides is 3. The monoisotopic (exact) mass is 657 g/mol. The van der Waals surface area contributed by atoms with Crippen molar-refractivity contribution in [2.24, 2.45) is 0 Å². The van der Waals surface area contributed by atoms with Gasteiger partial charge in [0.05, 0.1) is 5.56 Å². The average Bonchev–Trinajstić information content (AvgIpc) is 3.57. The standard InChI is InChI=1S/C35H26F3N3O3S2/c36-35(37,38)26-13-7-14-27(20-26)40-34(44)31(24-9-3-1-4-10-24)46-29-16-8-15-28(21-29)39-33(43)30(19-23-17-18-45-22-23)41-32(42)25-11-5-2-6-12-25/h1-22,31H,(H,39,43)(H,40,44)(H,41,42)/b30-19-. The van der Waals surface area contributed by atoms with Gasteiger partial charge < -0.3 is 16.0 Å². The molecule has 0 fully saturated rings. The van der Waals surface area contributed by atoms with Gasteiger partial charge in [-0.2, -0.15) is 24.5 Å². The van der Waals surface area contributed by atoms with E-state index < -0.39 is 34.7 Å². The molecular formula is C35H26F3N3O3S2. The second-order valence-corrected chi connectivity index (χ2v) is 11.9. The molecule has 1 atom stereocenters. The van der Waals surface area contributed by atoms with Gasteiger partial charge >= 0.3 is 6.18 Å². The second-order valence-electron chi connectivity index (χ2n) is 9.89. The maximum atomic E-state index is 13.5. The van der Waals surface area contributed by atoms with Gasteiger partial charge in [0.1, 0.15) is 10.9 Å². The lowest BCUT2D eigenvalue weighted by Crippen LogP contribution is -2.30. The van der Waals surface area contributed by atoms with E-state index in [0.29, 0.717) is 21.7 Å². The first-order valence-electron chi connectivity index (χ1n) is 13.9. The summed E-state index contributed by atoms with van der Waals surface area (Å²) in [6.45, 7) is 0. The maximum Gasteiger partial charge on any atom is 0.416 e. The summed E-state index contributed by atoms with van der Waals surface area (Å²) in [6, 6.07) is 30.4. The Labute approximate surface area is 271 Å². The number of carbonyl (C=O) groups is 3. The summed E-state index contributed by atoms with van der Waals surface area (Å²) in [6.07, 6.45) is -2.98. The van der Waals surface area contributed by atoms with Gasteiger partial charge in [-0.25, -0.2) is 0 Å². The normalized spacial score (nSPS) is 12.2. The lowest BCUT2D eigenvalue weighted by molar-refractivity contribution is -0.137. The van der Waals surface area contributed by atoms with Crippen LogP contribution in [0.5, 0.6) is 0 Å². The fourth-order valence-corrected chi connectivity index (χ4v) is 6.03. The van der Waals surface area contributed by atoms with Crippen LogP contribution in [-0.4, -0.2) is 17.7 Å². The zero-order valence-corrected chi connectivity index (χ0v) is 25.6. The molecule has 5 aromatic rings. The summed E-state index contributed by atoms with van der Waals surface area (Å²) in [7, 11) is 0. The Bertz CT molecular complexity index is 1850. The number of rotatable bonds is 10. The van der Waals surface area contributed by atoms with Gasteiger partial charge in [-0.3, -0.25) is 14.4 Å². The van der Waals surface area contributed by atoms with Crippen molar-refractivity contribution in [3.05, 3.63) is 154 Å². The first-order valence-corrected chi connectivity index (χ1v) is 15.7. The van der Waals surface area contributed by atoms with Crippen molar-refractivity contribution in [2.45, 2.75) is 16.3 Å². The van der Waals surface area contributed by atoms with E-state index in [0.717, 1.165) is 17.7 Å². The molecule has 1 heterocycles. The number of benzene rings is 4. The molecule has 6 nitrogen and oxygen atoms in total. The summed E-state index contributed by atoms with van der Waals surface area (Å²) in [5.41, 5.74) is 1.36. The molecule has 0 saturated carbocycles. The summed E-state index contributed by atoms with van der Waals surface area (Å²) in [4.78, 5) is 40.4. The fourth-order valence-electron chi connectivity index (χ4n) is 4.33. The number of halogens is 3. The molecule has 1 aromatic heterocycles. The highest BCUT2D eigenvalue weighted by atomic mass is 32.2. The molecule has 4 aromatic carbocycles. The van der Waals surface area contributed by atoms with E-state index in [-0.39, 0.29) is 11.4 Å². The third-order valence-electron chi connectivity index (χ3n) is 6.53. The van der Waals surface area contributed by atoms with Crippen LogP contribution in [0.2, 0.25) is 0 Å². The van der Waals surface area contributed by atoms with Crippen molar-refractivity contribution in [3.63, 3.8) is 0 Å². The third kappa shape index (κ3) is 8.74. The number of anilines is 2. The van der Waals surface area contributed by atoms with Crippen LogP contribution in [0.1, 0.15) is 32.3 Å². The minimum atomic E-state index is -4.55. The van der Waals surface area contributed by atoms with Crippen LogP contribution >= 0.6 is 23.1 Å². The van der Waals surface area contributed by atoms with Crippen LogP contribution in [0, 0.1) is 0 Å². The Hall–Kier alpha value is -5.13. The van der Waals surface area contributed by atoms with Crippen molar-refractivity contribution in [1.29, 1.82) is 0 Å². The van der Waals surface area contributed by atoms with E-state index >= 15 is 0 Å². The maximum absolute atomic E-state index is 13.5. The molecule has 1 unspecified atom stereocenters. The lowest BCUT2D eigenvalue weighted by atomic mass is 10.1. The first kappa shape index (κ1) is 32.3. The number of alkyl halides is 3. The predicted octanol–water partition coefficient (Wildman–Crippen LogP) is 8.65. The van der Waals surface area contributed by atoms with Crippen LogP contribution in [0.15, 0.2) is 137 Å². The molecule has 0 spiro atoms. The van der Waals surface area contributed by atoms with Crippen LogP contribution in [-0.2, 0) is 15.8 Å². The molecule has 3 N–H and O–H groups in total. The average molecular weight is 658 g/mol.